The minimum Gasteiger partial charge on any atom is -0.339 e. The molecule has 3 nitrogen and oxygen atoms in total. The SMILES string of the molecule is Cc1nc(Nc2cccc3ccccc23)c2cc(C)sc2n1. The highest BCUT2D eigenvalue weighted by Crippen LogP contribution is 2.32. The van der Waals surface area contributed by atoms with Gasteiger partial charge in [0.25, 0.3) is 0 Å². The molecule has 2 aromatic carbocycles. The topological polar surface area (TPSA) is 37.8 Å². The summed E-state index contributed by atoms with van der Waals surface area (Å²) in [6.07, 6.45) is 0. The Bertz CT molecular complexity index is 983. The Balaban J connectivity index is 1.89. The van der Waals surface area contributed by atoms with Gasteiger partial charge in [-0.05, 0) is 31.4 Å². The molecule has 0 aliphatic carbocycles. The van der Waals surface area contributed by atoms with Crippen LogP contribution in [0.3, 0.4) is 0 Å². The Morgan fingerprint density at radius 2 is 1.73 bits per heavy atom. The third-order valence-electron chi connectivity index (χ3n) is 3.67. The third-order valence-corrected chi connectivity index (χ3v) is 4.61. The molecule has 0 bridgehead atoms. The van der Waals surface area contributed by atoms with E-state index in [1.54, 1.807) is 11.3 Å². The molecule has 108 valence electrons. The minimum atomic E-state index is 0.789. The minimum absolute atomic E-state index is 0.789. The van der Waals surface area contributed by atoms with Crippen LogP contribution in [0.15, 0.2) is 48.5 Å². The van der Waals surface area contributed by atoms with E-state index in [9.17, 15) is 0 Å². The first-order valence-corrected chi connectivity index (χ1v) is 8.02. The lowest BCUT2D eigenvalue weighted by molar-refractivity contribution is 1.10. The highest BCUT2D eigenvalue weighted by molar-refractivity contribution is 7.18. The van der Waals surface area contributed by atoms with E-state index < -0.39 is 0 Å². The van der Waals surface area contributed by atoms with E-state index in [-0.39, 0.29) is 0 Å². The van der Waals surface area contributed by atoms with E-state index in [0.29, 0.717) is 0 Å². The second kappa shape index (κ2) is 5.07. The fourth-order valence-corrected chi connectivity index (χ4v) is 3.63. The molecule has 4 heteroatoms. The van der Waals surface area contributed by atoms with E-state index in [1.807, 2.05) is 6.92 Å². The zero-order valence-electron chi connectivity index (χ0n) is 12.4. The molecule has 4 aromatic rings. The van der Waals surface area contributed by atoms with Crippen molar-refractivity contribution in [1.82, 2.24) is 9.97 Å². The van der Waals surface area contributed by atoms with Gasteiger partial charge in [0.2, 0.25) is 0 Å². The van der Waals surface area contributed by atoms with E-state index >= 15 is 0 Å². The predicted molar refractivity (Wildman–Crippen MR) is 94.1 cm³/mol. The number of aromatic nitrogens is 2. The molecule has 1 N–H and O–H groups in total. The average molecular weight is 305 g/mol. The maximum absolute atomic E-state index is 4.60. The van der Waals surface area contributed by atoms with Crippen molar-refractivity contribution in [2.75, 3.05) is 5.32 Å². The summed E-state index contributed by atoms with van der Waals surface area (Å²) in [4.78, 5) is 11.4. The van der Waals surface area contributed by atoms with Crippen LogP contribution in [0, 0.1) is 13.8 Å². The molecule has 0 unspecified atom stereocenters. The van der Waals surface area contributed by atoms with Gasteiger partial charge in [-0.3, -0.25) is 0 Å². The Kier molecular flexibility index (Phi) is 3.05. The maximum atomic E-state index is 4.60. The van der Waals surface area contributed by atoms with Crippen molar-refractivity contribution in [3.63, 3.8) is 0 Å². The number of nitrogens with zero attached hydrogens (tertiary/aromatic N) is 2. The quantitative estimate of drug-likeness (QED) is 0.553. The molecule has 0 aliphatic heterocycles. The summed E-state index contributed by atoms with van der Waals surface area (Å²) >= 11 is 1.70. The number of benzene rings is 2. The van der Waals surface area contributed by atoms with Crippen LogP contribution in [0.4, 0.5) is 11.5 Å². The van der Waals surface area contributed by atoms with Crippen LogP contribution >= 0.6 is 11.3 Å². The van der Waals surface area contributed by atoms with Gasteiger partial charge in [0.15, 0.2) is 0 Å². The van der Waals surface area contributed by atoms with Gasteiger partial charge >= 0.3 is 0 Å². The van der Waals surface area contributed by atoms with Gasteiger partial charge in [0, 0.05) is 16.0 Å². The number of fused-ring (bicyclic) bond motifs is 2. The van der Waals surface area contributed by atoms with Crippen molar-refractivity contribution in [3.8, 4) is 0 Å². The summed E-state index contributed by atoms with van der Waals surface area (Å²) in [7, 11) is 0. The molecule has 0 saturated heterocycles. The van der Waals surface area contributed by atoms with Crippen LogP contribution in [-0.2, 0) is 0 Å². The first-order valence-electron chi connectivity index (χ1n) is 7.20. The lowest BCUT2D eigenvalue weighted by atomic mass is 10.1. The highest BCUT2D eigenvalue weighted by atomic mass is 32.1. The van der Waals surface area contributed by atoms with E-state index in [2.05, 4.69) is 70.7 Å². The summed E-state index contributed by atoms with van der Waals surface area (Å²) in [5.74, 6) is 1.67. The van der Waals surface area contributed by atoms with Gasteiger partial charge < -0.3 is 5.32 Å². The molecule has 0 fully saturated rings. The first kappa shape index (κ1) is 13.2. The second-order valence-electron chi connectivity index (χ2n) is 5.35. The van der Waals surface area contributed by atoms with Crippen molar-refractivity contribution in [2.24, 2.45) is 0 Å². The predicted octanol–water partition coefficient (Wildman–Crippen LogP) is 5.20. The molecule has 0 saturated carbocycles. The number of thiophene rings is 1. The summed E-state index contributed by atoms with van der Waals surface area (Å²) in [6.45, 7) is 4.03. The summed E-state index contributed by atoms with van der Waals surface area (Å²) < 4.78 is 0. The van der Waals surface area contributed by atoms with Crippen LogP contribution < -0.4 is 5.32 Å². The van der Waals surface area contributed by atoms with Gasteiger partial charge in [0.05, 0.1) is 5.39 Å². The summed E-state index contributed by atoms with van der Waals surface area (Å²) in [5.41, 5.74) is 1.07. The fraction of sp³-hybridized carbons (Fsp3) is 0.111. The molecule has 22 heavy (non-hydrogen) atoms. The molecule has 0 atom stereocenters. The van der Waals surface area contributed by atoms with Gasteiger partial charge in [0.1, 0.15) is 16.5 Å². The lowest BCUT2D eigenvalue weighted by Gasteiger charge is -2.10. The zero-order valence-corrected chi connectivity index (χ0v) is 13.2. The number of hydrogen-bond acceptors (Lipinski definition) is 4. The number of aryl methyl sites for hydroxylation is 2. The molecule has 2 aromatic heterocycles. The van der Waals surface area contributed by atoms with Crippen LogP contribution in [0.25, 0.3) is 21.0 Å². The number of hydrogen-bond donors (Lipinski definition) is 1. The maximum Gasteiger partial charge on any atom is 0.142 e. The molecule has 0 amide bonds. The molecule has 0 radical (unpaired) electrons. The van der Waals surface area contributed by atoms with Crippen LogP contribution in [0.1, 0.15) is 10.7 Å². The number of anilines is 2. The van der Waals surface area contributed by atoms with Gasteiger partial charge in [-0.25, -0.2) is 9.97 Å². The van der Waals surface area contributed by atoms with Crippen molar-refractivity contribution in [3.05, 3.63) is 59.2 Å². The molecular weight excluding hydrogens is 290 g/mol. The number of rotatable bonds is 2. The Morgan fingerprint density at radius 1 is 0.909 bits per heavy atom. The zero-order chi connectivity index (χ0) is 15.1. The molecular formula is C18H15N3S. The Hall–Kier alpha value is -2.46. The smallest absolute Gasteiger partial charge is 0.142 e. The van der Waals surface area contributed by atoms with Crippen molar-refractivity contribution < 1.29 is 0 Å². The first-order chi connectivity index (χ1) is 10.7. The molecule has 2 heterocycles. The van der Waals surface area contributed by atoms with Crippen LogP contribution in [-0.4, -0.2) is 9.97 Å². The monoisotopic (exact) mass is 305 g/mol. The highest BCUT2D eigenvalue weighted by Gasteiger charge is 2.10. The standard InChI is InChI=1S/C18H15N3S/c1-11-10-15-17(19-12(2)20-18(15)22-11)21-16-9-5-7-13-6-3-4-8-14(13)16/h3-10H,1-2H3,(H,19,20,21). The third kappa shape index (κ3) is 2.22. The van der Waals surface area contributed by atoms with E-state index in [4.69, 9.17) is 0 Å². The lowest BCUT2D eigenvalue weighted by Crippen LogP contribution is -1.98. The van der Waals surface area contributed by atoms with Gasteiger partial charge in [-0.15, -0.1) is 11.3 Å². The largest absolute Gasteiger partial charge is 0.339 e. The Morgan fingerprint density at radius 3 is 2.64 bits per heavy atom. The fourth-order valence-electron chi connectivity index (χ4n) is 2.71. The van der Waals surface area contributed by atoms with Crippen LogP contribution in [0.5, 0.6) is 0 Å². The van der Waals surface area contributed by atoms with Crippen molar-refractivity contribution in [1.29, 1.82) is 0 Å². The van der Waals surface area contributed by atoms with Gasteiger partial charge in [-0.1, -0.05) is 36.4 Å². The number of nitrogens with one attached hydrogen (secondary N) is 1. The van der Waals surface area contributed by atoms with Crippen LogP contribution in [0.2, 0.25) is 0 Å². The molecule has 4 rings (SSSR count). The second-order valence-corrected chi connectivity index (χ2v) is 6.58. The normalized spacial score (nSPS) is 11.2. The molecule has 0 aliphatic rings. The van der Waals surface area contributed by atoms with E-state index in [1.165, 1.54) is 15.6 Å². The Labute approximate surface area is 132 Å². The van der Waals surface area contributed by atoms with Crippen molar-refractivity contribution >= 4 is 43.8 Å². The van der Waals surface area contributed by atoms with Gasteiger partial charge in [-0.2, -0.15) is 0 Å². The molecule has 0 spiro atoms. The van der Waals surface area contributed by atoms with Crippen molar-refractivity contribution in [2.45, 2.75) is 13.8 Å². The summed E-state index contributed by atoms with van der Waals surface area (Å²) in [5, 5.41) is 7.00. The average Bonchev–Trinajstić information content (AvgIpc) is 2.88. The van der Waals surface area contributed by atoms with E-state index in [0.717, 1.165) is 27.5 Å². The summed E-state index contributed by atoms with van der Waals surface area (Å²) in [6, 6.07) is 16.8.